The molecule has 2 fully saturated rings. The normalized spacial score (nSPS) is 19.5. The zero-order valence-electron chi connectivity index (χ0n) is 25.4. The number of rotatable bonds is 8. The number of halogens is 5. The van der Waals surface area contributed by atoms with Crippen molar-refractivity contribution in [1.29, 1.82) is 0 Å². The van der Waals surface area contributed by atoms with Gasteiger partial charge in [-0.2, -0.15) is 13.2 Å². The van der Waals surface area contributed by atoms with Gasteiger partial charge in [0.1, 0.15) is 35.5 Å². The summed E-state index contributed by atoms with van der Waals surface area (Å²) in [5, 5.41) is 10.0. The smallest absolute Gasteiger partial charge is 0.391 e. The van der Waals surface area contributed by atoms with Crippen LogP contribution in [0.3, 0.4) is 0 Å². The van der Waals surface area contributed by atoms with Gasteiger partial charge in [-0.25, -0.2) is 13.8 Å². The second-order valence-electron chi connectivity index (χ2n) is 12.4. The van der Waals surface area contributed by atoms with E-state index in [1.165, 1.54) is 12.1 Å². The van der Waals surface area contributed by atoms with Crippen molar-refractivity contribution in [2.45, 2.75) is 70.7 Å². The summed E-state index contributed by atoms with van der Waals surface area (Å²) in [6, 6.07) is 11.2. The van der Waals surface area contributed by atoms with Crippen LogP contribution in [0.25, 0.3) is 11.0 Å². The Morgan fingerprint density at radius 2 is 1.76 bits per heavy atom. The highest BCUT2D eigenvalue weighted by molar-refractivity contribution is 5.79. The van der Waals surface area contributed by atoms with Crippen molar-refractivity contribution < 1.29 is 36.6 Å². The Hall–Kier alpha value is -4.22. The molecule has 12 heteroatoms. The lowest BCUT2D eigenvalue weighted by atomic mass is 9.78. The maximum atomic E-state index is 15.7. The van der Waals surface area contributed by atoms with Gasteiger partial charge >= 0.3 is 12.1 Å². The van der Waals surface area contributed by atoms with E-state index in [0.717, 1.165) is 12.8 Å². The number of hydrogen-bond acceptors (Lipinski definition) is 5. The Morgan fingerprint density at radius 3 is 2.46 bits per heavy atom. The first-order chi connectivity index (χ1) is 22.0. The average Bonchev–Trinajstić information content (AvgIpc) is 3.38. The second kappa shape index (κ2) is 12.9. The molecule has 3 heterocycles. The number of aromatic nitrogens is 3. The number of piperidine rings is 1. The molecule has 1 aliphatic carbocycles. The lowest BCUT2D eigenvalue weighted by molar-refractivity contribution is -0.179. The molecule has 2 aromatic carbocycles. The van der Waals surface area contributed by atoms with Crippen LogP contribution >= 0.6 is 0 Å². The number of benzene rings is 2. The molecule has 7 nitrogen and oxygen atoms in total. The Kier molecular flexibility index (Phi) is 8.89. The molecular formula is C34H35F5N4O3. The summed E-state index contributed by atoms with van der Waals surface area (Å²) in [6.45, 7) is 2.04. The van der Waals surface area contributed by atoms with Gasteiger partial charge in [-0.3, -0.25) is 9.78 Å². The highest BCUT2D eigenvalue weighted by Gasteiger charge is 2.41. The molecule has 244 valence electrons. The predicted octanol–water partition coefficient (Wildman–Crippen LogP) is 7.78. The van der Waals surface area contributed by atoms with E-state index >= 15 is 4.39 Å². The number of pyridine rings is 1. The zero-order chi connectivity index (χ0) is 32.6. The van der Waals surface area contributed by atoms with Gasteiger partial charge in [0.15, 0.2) is 0 Å². The van der Waals surface area contributed by atoms with Gasteiger partial charge in [0.25, 0.3) is 0 Å². The summed E-state index contributed by atoms with van der Waals surface area (Å²) in [5.74, 6) is -3.31. The maximum Gasteiger partial charge on any atom is 0.391 e. The number of aliphatic carboxylic acids is 1. The number of hydrogen-bond donors (Lipinski definition) is 1. The lowest BCUT2D eigenvalue weighted by Crippen LogP contribution is -2.39. The lowest BCUT2D eigenvalue weighted by Gasteiger charge is -2.34. The summed E-state index contributed by atoms with van der Waals surface area (Å²) < 4.78 is 77.2. The molecule has 1 saturated heterocycles. The van der Waals surface area contributed by atoms with Crippen LogP contribution in [0.2, 0.25) is 0 Å². The van der Waals surface area contributed by atoms with E-state index in [2.05, 4.69) is 4.98 Å². The van der Waals surface area contributed by atoms with Crippen LogP contribution in [-0.2, 0) is 17.9 Å². The summed E-state index contributed by atoms with van der Waals surface area (Å²) in [4.78, 5) is 23.0. The van der Waals surface area contributed by atoms with Gasteiger partial charge in [-0.1, -0.05) is 18.9 Å². The van der Waals surface area contributed by atoms with E-state index in [-0.39, 0.29) is 50.7 Å². The summed E-state index contributed by atoms with van der Waals surface area (Å²) in [6.07, 6.45) is 0.0164. The molecule has 1 saturated carbocycles. The van der Waals surface area contributed by atoms with Gasteiger partial charge in [-0.15, -0.1) is 0 Å². The Morgan fingerprint density at radius 1 is 1.00 bits per heavy atom. The third-order valence-electron chi connectivity index (χ3n) is 9.28. The number of fused-ring (bicyclic) bond motifs is 1. The highest BCUT2D eigenvalue weighted by atomic mass is 19.4. The molecule has 46 heavy (non-hydrogen) atoms. The molecule has 0 bridgehead atoms. The van der Waals surface area contributed by atoms with E-state index in [9.17, 15) is 27.5 Å². The molecule has 1 unspecified atom stereocenters. The van der Waals surface area contributed by atoms with Gasteiger partial charge in [-0.05, 0) is 68.5 Å². The van der Waals surface area contributed by atoms with Crippen LogP contribution in [0.5, 0.6) is 5.75 Å². The average molecular weight is 643 g/mol. The summed E-state index contributed by atoms with van der Waals surface area (Å²) in [7, 11) is 0. The number of alkyl halides is 3. The molecule has 2 atom stereocenters. The van der Waals surface area contributed by atoms with E-state index in [4.69, 9.17) is 9.72 Å². The fourth-order valence-corrected chi connectivity index (χ4v) is 6.71. The summed E-state index contributed by atoms with van der Waals surface area (Å²) in [5.41, 5.74) is 2.88. The molecule has 2 aliphatic rings. The largest absolute Gasteiger partial charge is 0.487 e. The highest BCUT2D eigenvalue weighted by Crippen LogP contribution is 2.40. The van der Waals surface area contributed by atoms with Crippen LogP contribution in [0.4, 0.5) is 27.6 Å². The Labute approximate surface area is 263 Å². The summed E-state index contributed by atoms with van der Waals surface area (Å²) >= 11 is 0. The van der Waals surface area contributed by atoms with Crippen LogP contribution < -0.4 is 9.64 Å². The van der Waals surface area contributed by atoms with Crippen LogP contribution in [0, 0.1) is 30.4 Å². The van der Waals surface area contributed by atoms with Crippen molar-refractivity contribution in [2.75, 3.05) is 18.0 Å². The molecule has 6 rings (SSSR count). The van der Waals surface area contributed by atoms with Crippen LogP contribution in [0.1, 0.15) is 67.1 Å². The fourth-order valence-electron chi connectivity index (χ4n) is 6.71. The van der Waals surface area contributed by atoms with Crippen molar-refractivity contribution in [3.05, 3.63) is 82.9 Å². The minimum absolute atomic E-state index is 0.0413. The molecule has 0 radical (unpaired) electrons. The standard InChI is InChI=1S/C34H35F5N4O3/c1-20-14-28(36)30(40-17-20)19-46-24-8-9-29-31(16-24)43(32(41-29)25-4-2-3-5-26(25)33(44)45)18-21-6-7-23(15-27(21)35)42-12-10-22(11-13-42)34(37,38)39/h6-9,14-17,22,25-26H,2-5,10-13,18-19H2,1H3,(H,44,45)/t25-,26?/m0/s1. The zero-order valence-corrected chi connectivity index (χ0v) is 25.4. The number of nitrogens with zero attached hydrogens (tertiary/aromatic N) is 4. The second-order valence-corrected chi connectivity index (χ2v) is 12.4. The van der Waals surface area contributed by atoms with Gasteiger partial charge in [0.2, 0.25) is 0 Å². The minimum Gasteiger partial charge on any atom is -0.487 e. The first-order valence-corrected chi connectivity index (χ1v) is 15.5. The SMILES string of the molecule is Cc1cnc(COc2ccc3nc([C@H]4CCCCC4C(=O)O)n(Cc4ccc(N5CCC(C(F)(F)F)CC5)cc4F)c3c2)c(F)c1. The number of carboxylic acids is 1. The minimum atomic E-state index is -4.23. The van der Waals surface area contributed by atoms with E-state index in [1.807, 2.05) is 4.57 Å². The van der Waals surface area contributed by atoms with Crippen molar-refractivity contribution in [2.24, 2.45) is 11.8 Å². The van der Waals surface area contributed by atoms with Crippen molar-refractivity contribution in [3.8, 4) is 5.75 Å². The monoisotopic (exact) mass is 642 g/mol. The Balaban J connectivity index is 1.31. The van der Waals surface area contributed by atoms with Gasteiger partial charge in [0, 0.05) is 42.5 Å². The van der Waals surface area contributed by atoms with E-state index < -0.39 is 35.6 Å². The molecule has 4 aromatic rings. The first-order valence-electron chi connectivity index (χ1n) is 15.5. The van der Waals surface area contributed by atoms with E-state index in [0.29, 0.717) is 52.3 Å². The van der Waals surface area contributed by atoms with Gasteiger partial charge in [0.05, 0.1) is 29.4 Å². The van der Waals surface area contributed by atoms with E-state index in [1.54, 1.807) is 48.4 Å². The third kappa shape index (κ3) is 6.66. The third-order valence-corrected chi connectivity index (χ3v) is 9.28. The molecule has 0 amide bonds. The van der Waals surface area contributed by atoms with Crippen molar-refractivity contribution >= 4 is 22.7 Å². The number of ether oxygens (including phenoxy) is 1. The maximum absolute atomic E-state index is 15.7. The predicted molar refractivity (Wildman–Crippen MR) is 162 cm³/mol. The van der Waals surface area contributed by atoms with Crippen molar-refractivity contribution in [1.82, 2.24) is 14.5 Å². The van der Waals surface area contributed by atoms with Gasteiger partial charge < -0.3 is 19.3 Å². The number of aryl methyl sites for hydroxylation is 1. The number of imidazole rings is 1. The molecular weight excluding hydrogens is 607 g/mol. The number of carbonyl (C=O) groups is 1. The molecule has 1 N–H and O–H groups in total. The van der Waals surface area contributed by atoms with Crippen molar-refractivity contribution in [3.63, 3.8) is 0 Å². The number of carboxylic acid groups (broad SMARTS) is 1. The van der Waals surface area contributed by atoms with Crippen LogP contribution in [0.15, 0.2) is 48.7 Å². The Bertz CT molecular complexity index is 1730. The molecule has 1 aliphatic heterocycles. The first kappa shape index (κ1) is 31.7. The van der Waals surface area contributed by atoms with Crippen LogP contribution in [-0.4, -0.2) is 44.9 Å². The quantitative estimate of drug-likeness (QED) is 0.198. The topological polar surface area (TPSA) is 80.5 Å². The number of anilines is 1. The fraction of sp³-hybridized carbons (Fsp3) is 0.441. The molecule has 0 spiro atoms. The molecule has 2 aromatic heterocycles.